The summed E-state index contributed by atoms with van der Waals surface area (Å²) >= 11 is 0. The molecule has 10 heteroatoms. The van der Waals surface area contributed by atoms with Gasteiger partial charge in [-0.2, -0.15) is 0 Å². The van der Waals surface area contributed by atoms with Gasteiger partial charge in [0.05, 0.1) is 25.4 Å². The zero-order chi connectivity index (χ0) is 35.0. The van der Waals surface area contributed by atoms with Gasteiger partial charge in [0.2, 0.25) is 0 Å². The highest BCUT2D eigenvalue weighted by atomic mass is 16.7. The van der Waals surface area contributed by atoms with Crippen LogP contribution in [0.25, 0.3) is 0 Å². The second-order valence-electron chi connectivity index (χ2n) is 14.9. The summed E-state index contributed by atoms with van der Waals surface area (Å²) < 4.78 is 11.5. The molecule has 2 aliphatic rings. The molecule has 7 unspecified atom stereocenters. The van der Waals surface area contributed by atoms with E-state index in [1.165, 1.54) is 109 Å². The minimum atomic E-state index is -1.53. The molecule has 2 rings (SSSR count). The number of aliphatic hydroxyl groups is 6. The average Bonchev–Trinajstić information content (AvgIpc) is 3.56. The normalized spacial score (nSPS) is 28.1. The Morgan fingerprint density at radius 2 is 1.15 bits per heavy atom. The monoisotopic (exact) mass is 689 g/mol. The van der Waals surface area contributed by atoms with Crippen LogP contribution in [0.3, 0.4) is 0 Å². The number of hydrazine groups is 1. The highest BCUT2D eigenvalue weighted by Gasteiger charge is 2.45. The van der Waals surface area contributed by atoms with Crippen molar-refractivity contribution in [2.75, 3.05) is 13.2 Å². The maximum Gasteiger partial charge on any atom is 0.186 e. The molecule has 0 aromatic carbocycles. The van der Waals surface area contributed by atoms with E-state index in [1.807, 2.05) is 0 Å². The van der Waals surface area contributed by atoms with Gasteiger partial charge in [-0.15, -0.1) is 0 Å². The standard InChI is InChI=1S/C38H76N2O8/c1-3-5-7-9-11-13-14-15-17-19-21-23-25-32(42)34(43)30(28-47-38-37(46)36(45)35(44)33(27-41)48-38)31-26-29(39-40-31)24-22-20-18-16-12-10-8-6-4-2/h29-46H,3-28H2,1-2H3/t29?,30-,31?,32-,33?,34+,35?,36?,37?,38?/m1/s1. The number of ether oxygens (including phenoxy) is 2. The lowest BCUT2D eigenvalue weighted by Gasteiger charge is -2.40. The number of nitrogens with one attached hydrogen (secondary N) is 2. The average molecular weight is 689 g/mol. The fraction of sp³-hybridized carbons (Fsp3) is 1.00. The Balaban J connectivity index is 1.80. The molecule has 0 spiro atoms. The molecule has 0 aromatic heterocycles. The van der Waals surface area contributed by atoms with Gasteiger partial charge in [-0.05, 0) is 19.3 Å². The molecule has 0 radical (unpaired) electrons. The molecule has 0 saturated carbocycles. The Morgan fingerprint density at radius 3 is 1.67 bits per heavy atom. The van der Waals surface area contributed by atoms with Gasteiger partial charge in [-0.1, -0.05) is 149 Å². The number of unbranched alkanes of at least 4 members (excludes halogenated alkanes) is 19. The van der Waals surface area contributed by atoms with Crippen LogP contribution in [0.1, 0.15) is 168 Å². The largest absolute Gasteiger partial charge is 0.394 e. The molecular formula is C38H76N2O8. The molecule has 2 aliphatic heterocycles. The van der Waals surface area contributed by atoms with Crippen LogP contribution in [0.4, 0.5) is 0 Å². The maximum atomic E-state index is 11.4. The van der Waals surface area contributed by atoms with Crippen LogP contribution < -0.4 is 10.9 Å². The van der Waals surface area contributed by atoms with Crippen molar-refractivity contribution in [1.82, 2.24) is 10.9 Å². The molecular weight excluding hydrogens is 612 g/mol. The Kier molecular flexibility index (Phi) is 24.9. The van der Waals surface area contributed by atoms with Gasteiger partial charge >= 0.3 is 0 Å². The molecule has 286 valence electrons. The van der Waals surface area contributed by atoms with E-state index in [9.17, 15) is 30.6 Å². The molecule has 2 heterocycles. The van der Waals surface area contributed by atoms with Crippen molar-refractivity contribution in [2.24, 2.45) is 5.92 Å². The predicted molar refractivity (Wildman–Crippen MR) is 191 cm³/mol. The third kappa shape index (κ3) is 17.2. The third-order valence-corrected chi connectivity index (χ3v) is 10.7. The second kappa shape index (κ2) is 27.3. The van der Waals surface area contributed by atoms with E-state index in [-0.39, 0.29) is 18.7 Å². The van der Waals surface area contributed by atoms with Crippen molar-refractivity contribution >= 4 is 0 Å². The van der Waals surface area contributed by atoms with Crippen LogP contribution in [-0.2, 0) is 9.47 Å². The molecule has 0 amide bonds. The lowest BCUT2D eigenvalue weighted by molar-refractivity contribution is -0.305. The first-order valence-electron chi connectivity index (χ1n) is 20.1. The SMILES string of the molecule is CCCCCCCCCCCCCC[C@@H](O)[C@@H](O)[C@H](COC1OC(CO)C(O)C(O)C1O)C1CC(CCCCCCCCCCC)NN1. The first-order valence-corrected chi connectivity index (χ1v) is 20.1. The zero-order valence-electron chi connectivity index (χ0n) is 30.7. The van der Waals surface area contributed by atoms with Crippen molar-refractivity contribution in [3.63, 3.8) is 0 Å². The van der Waals surface area contributed by atoms with Gasteiger partial charge in [0.1, 0.15) is 24.4 Å². The minimum absolute atomic E-state index is 0.0382. The van der Waals surface area contributed by atoms with Crippen molar-refractivity contribution in [3.8, 4) is 0 Å². The van der Waals surface area contributed by atoms with Gasteiger partial charge in [0, 0.05) is 18.0 Å². The van der Waals surface area contributed by atoms with Crippen LogP contribution in [0.15, 0.2) is 0 Å². The van der Waals surface area contributed by atoms with Crippen LogP contribution in [0.5, 0.6) is 0 Å². The van der Waals surface area contributed by atoms with E-state index in [4.69, 9.17) is 9.47 Å². The topological polar surface area (TPSA) is 164 Å². The summed E-state index contributed by atoms with van der Waals surface area (Å²) in [5.41, 5.74) is 6.73. The van der Waals surface area contributed by atoms with E-state index in [0.717, 1.165) is 38.5 Å². The van der Waals surface area contributed by atoms with E-state index < -0.39 is 55.4 Å². The number of rotatable bonds is 30. The minimum Gasteiger partial charge on any atom is -0.394 e. The van der Waals surface area contributed by atoms with Gasteiger partial charge in [0.25, 0.3) is 0 Å². The third-order valence-electron chi connectivity index (χ3n) is 10.7. The quantitative estimate of drug-likeness (QED) is 0.0459. The second-order valence-corrected chi connectivity index (χ2v) is 14.9. The first-order chi connectivity index (χ1) is 23.3. The summed E-state index contributed by atoms with van der Waals surface area (Å²) in [6, 6.07) is 0.0695. The number of hydrogen-bond acceptors (Lipinski definition) is 10. The van der Waals surface area contributed by atoms with Crippen LogP contribution >= 0.6 is 0 Å². The molecule has 48 heavy (non-hydrogen) atoms. The van der Waals surface area contributed by atoms with Crippen LogP contribution in [-0.4, -0.2) is 98.9 Å². The van der Waals surface area contributed by atoms with Gasteiger partial charge in [-0.25, -0.2) is 0 Å². The molecule has 0 aliphatic carbocycles. The summed E-state index contributed by atoms with van der Waals surface area (Å²) in [5, 5.41) is 62.9. The highest BCUT2D eigenvalue weighted by molar-refractivity contribution is 4.93. The Hall–Kier alpha value is -0.400. The molecule has 0 aromatic rings. The predicted octanol–water partition coefficient (Wildman–Crippen LogP) is 5.39. The summed E-state index contributed by atoms with van der Waals surface area (Å²) in [6.07, 6.45) is 19.7. The summed E-state index contributed by atoms with van der Waals surface area (Å²) in [4.78, 5) is 0. The Labute approximate surface area is 292 Å². The summed E-state index contributed by atoms with van der Waals surface area (Å²) in [7, 11) is 0. The van der Waals surface area contributed by atoms with Crippen molar-refractivity contribution < 1.29 is 40.1 Å². The van der Waals surface area contributed by atoms with Crippen molar-refractivity contribution in [2.45, 2.75) is 223 Å². The van der Waals surface area contributed by atoms with Gasteiger partial charge < -0.3 is 40.1 Å². The van der Waals surface area contributed by atoms with Gasteiger partial charge in [0.15, 0.2) is 6.29 Å². The summed E-state index contributed by atoms with van der Waals surface area (Å²) in [5.74, 6) is -0.509. The number of hydrogen-bond donors (Lipinski definition) is 8. The molecule has 10 atom stereocenters. The van der Waals surface area contributed by atoms with Crippen molar-refractivity contribution in [1.29, 1.82) is 0 Å². The highest BCUT2D eigenvalue weighted by Crippen LogP contribution is 2.28. The van der Waals surface area contributed by atoms with Gasteiger partial charge in [-0.3, -0.25) is 10.9 Å². The van der Waals surface area contributed by atoms with Crippen LogP contribution in [0.2, 0.25) is 0 Å². The fourth-order valence-electron chi connectivity index (χ4n) is 7.34. The zero-order valence-corrected chi connectivity index (χ0v) is 30.7. The first kappa shape index (κ1) is 43.8. The molecule has 10 nitrogen and oxygen atoms in total. The molecule has 0 bridgehead atoms. The lowest BCUT2D eigenvalue weighted by atomic mass is 9.86. The maximum absolute atomic E-state index is 11.4. The Bertz CT molecular complexity index is 749. The van der Waals surface area contributed by atoms with Crippen LogP contribution in [0, 0.1) is 5.92 Å². The van der Waals surface area contributed by atoms with E-state index in [0.29, 0.717) is 6.42 Å². The van der Waals surface area contributed by atoms with Crippen molar-refractivity contribution in [3.05, 3.63) is 0 Å². The smallest absolute Gasteiger partial charge is 0.186 e. The number of aliphatic hydroxyl groups excluding tert-OH is 6. The summed E-state index contributed by atoms with van der Waals surface area (Å²) in [6.45, 7) is 3.92. The van der Waals surface area contributed by atoms with E-state index in [2.05, 4.69) is 24.7 Å². The lowest BCUT2D eigenvalue weighted by Crippen LogP contribution is -2.59. The molecule has 2 fully saturated rings. The molecule has 2 saturated heterocycles. The Morgan fingerprint density at radius 1 is 0.646 bits per heavy atom. The fourth-order valence-corrected chi connectivity index (χ4v) is 7.34. The van der Waals surface area contributed by atoms with E-state index >= 15 is 0 Å². The van der Waals surface area contributed by atoms with E-state index in [1.54, 1.807) is 0 Å². The molecule has 8 N–H and O–H groups in total.